The van der Waals surface area contributed by atoms with Crippen LogP contribution in [-0.4, -0.2) is 9.97 Å². The Bertz CT molecular complexity index is 2830. The molecule has 0 atom stereocenters. The van der Waals surface area contributed by atoms with E-state index in [1.807, 2.05) is 35.7 Å². The van der Waals surface area contributed by atoms with E-state index in [0.29, 0.717) is 0 Å². The van der Waals surface area contributed by atoms with Gasteiger partial charge in [0.1, 0.15) is 0 Å². The van der Waals surface area contributed by atoms with Gasteiger partial charge in [-0.25, -0.2) is 4.98 Å². The lowest BCUT2D eigenvalue weighted by atomic mass is 9.91. The number of thiophene rings is 1. The number of rotatable bonds is 4. The van der Waals surface area contributed by atoms with Crippen LogP contribution in [0, 0.1) is 0 Å². The summed E-state index contributed by atoms with van der Waals surface area (Å²) in [6.45, 7) is 0. The van der Waals surface area contributed by atoms with Crippen molar-refractivity contribution in [1.29, 1.82) is 0 Å². The lowest BCUT2D eigenvalue weighted by Gasteiger charge is -2.14. The van der Waals surface area contributed by atoms with Gasteiger partial charge in [0, 0.05) is 48.4 Å². The third kappa shape index (κ3) is 4.62. The van der Waals surface area contributed by atoms with Crippen LogP contribution in [0.5, 0.6) is 0 Å². The second-order valence-electron chi connectivity index (χ2n) is 12.6. The molecule has 0 fully saturated rings. The van der Waals surface area contributed by atoms with Crippen LogP contribution in [0.25, 0.3) is 97.4 Å². The maximum absolute atomic E-state index is 5.30. The largest absolute Gasteiger partial charge is 0.256 e. The minimum atomic E-state index is 0.944. The number of aromatic nitrogens is 2. The lowest BCUT2D eigenvalue weighted by Crippen LogP contribution is -1.92. The first-order valence-corrected chi connectivity index (χ1v) is 17.4. The minimum Gasteiger partial charge on any atom is -0.256 e. The van der Waals surface area contributed by atoms with Gasteiger partial charge in [-0.1, -0.05) is 127 Å². The molecule has 0 unspecified atom stereocenters. The zero-order valence-corrected chi connectivity index (χ0v) is 27.3. The maximum Gasteiger partial charge on any atom is 0.0715 e. The van der Waals surface area contributed by atoms with E-state index < -0.39 is 0 Å². The highest BCUT2D eigenvalue weighted by atomic mass is 32.1. The number of nitrogens with zero attached hydrogens (tertiary/aromatic N) is 2. The van der Waals surface area contributed by atoms with E-state index in [0.717, 1.165) is 39.3 Å². The predicted molar refractivity (Wildman–Crippen MR) is 209 cm³/mol. The molecule has 3 heteroatoms. The van der Waals surface area contributed by atoms with E-state index >= 15 is 0 Å². The summed E-state index contributed by atoms with van der Waals surface area (Å²) in [6, 6.07) is 58.8. The van der Waals surface area contributed by atoms with Gasteiger partial charge >= 0.3 is 0 Å². The van der Waals surface area contributed by atoms with Crippen LogP contribution in [0.1, 0.15) is 0 Å². The molecule has 0 spiro atoms. The normalized spacial score (nSPS) is 11.7. The third-order valence-corrected chi connectivity index (χ3v) is 10.9. The standard InChI is InChI=1S/C46H28N2S/c1-2-10-29(11-3-1)33-27-42(31-19-17-30(18-20-31)41-15-8-9-25-47-41)48-43(28-33)32-21-22-35-38-23-24-39-36-13-6-7-16-44(36)49-46(39)45(38)37-14-5-4-12-34(37)40(35)26-32/h1-28H. The molecule has 2 nitrogen and oxygen atoms in total. The minimum absolute atomic E-state index is 0.944. The summed E-state index contributed by atoms with van der Waals surface area (Å²) in [6.07, 6.45) is 1.83. The molecule has 0 aliphatic rings. The molecule has 7 aromatic carbocycles. The molecular weight excluding hydrogens is 613 g/mol. The van der Waals surface area contributed by atoms with Gasteiger partial charge in [-0.15, -0.1) is 11.3 Å². The third-order valence-electron chi connectivity index (χ3n) is 9.71. The van der Waals surface area contributed by atoms with Crippen molar-refractivity contribution in [2.45, 2.75) is 0 Å². The van der Waals surface area contributed by atoms with Gasteiger partial charge < -0.3 is 0 Å². The van der Waals surface area contributed by atoms with E-state index in [2.05, 4.69) is 151 Å². The smallest absolute Gasteiger partial charge is 0.0715 e. The van der Waals surface area contributed by atoms with Crippen LogP contribution in [0.2, 0.25) is 0 Å². The zero-order chi connectivity index (χ0) is 32.3. The van der Waals surface area contributed by atoms with E-state index in [4.69, 9.17) is 4.98 Å². The summed E-state index contributed by atoms with van der Waals surface area (Å²) in [7, 11) is 0. The van der Waals surface area contributed by atoms with Crippen LogP contribution < -0.4 is 0 Å². The summed E-state index contributed by atoms with van der Waals surface area (Å²) in [4.78, 5) is 9.84. The average Bonchev–Trinajstić information content (AvgIpc) is 3.57. The second-order valence-corrected chi connectivity index (χ2v) is 13.6. The summed E-state index contributed by atoms with van der Waals surface area (Å²) in [5.74, 6) is 0. The predicted octanol–water partition coefficient (Wildman–Crippen LogP) is 13.0. The highest BCUT2D eigenvalue weighted by Gasteiger charge is 2.16. The molecule has 0 saturated heterocycles. The first-order valence-electron chi connectivity index (χ1n) is 16.6. The van der Waals surface area contributed by atoms with Crippen LogP contribution in [0.4, 0.5) is 0 Å². The topological polar surface area (TPSA) is 25.8 Å². The molecular formula is C46H28N2S. The Balaban J connectivity index is 1.18. The molecule has 3 aromatic heterocycles. The molecule has 0 aliphatic carbocycles. The molecule has 10 rings (SSSR count). The molecule has 10 aromatic rings. The number of fused-ring (bicyclic) bond motifs is 10. The van der Waals surface area contributed by atoms with Gasteiger partial charge in [-0.2, -0.15) is 0 Å². The van der Waals surface area contributed by atoms with Crippen molar-refractivity contribution in [3.63, 3.8) is 0 Å². The Hall–Kier alpha value is -6.16. The van der Waals surface area contributed by atoms with E-state index in [9.17, 15) is 0 Å². The molecule has 0 radical (unpaired) electrons. The molecule has 0 bridgehead atoms. The van der Waals surface area contributed by atoms with Crippen molar-refractivity contribution < 1.29 is 0 Å². The maximum atomic E-state index is 5.30. The van der Waals surface area contributed by atoms with Gasteiger partial charge in [-0.3, -0.25) is 4.98 Å². The van der Waals surface area contributed by atoms with Crippen LogP contribution in [0.15, 0.2) is 170 Å². The van der Waals surface area contributed by atoms with Gasteiger partial charge in [-0.05, 0) is 74.5 Å². The zero-order valence-electron chi connectivity index (χ0n) is 26.5. The Kier molecular flexibility index (Phi) is 6.39. The van der Waals surface area contributed by atoms with Crippen molar-refractivity contribution in [2.75, 3.05) is 0 Å². The summed E-state index contributed by atoms with van der Waals surface area (Å²) >= 11 is 1.90. The van der Waals surface area contributed by atoms with Crippen molar-refractivity contribution in [3.05, 3.63) is 170 Å². The quantitative estimate of drug-likeness (QED) is 0.179. The molecule has 0 N–H and O–H groups in total. The van der Waals surface area contributed by atoms with E-state index in [-0.39, 0.29) is 0 Å². The SMILES string of the molecule is c1ccc(-c2cc(-c3ccc(-c4ccccn4)cc3)nc(-c3ccc4c(c3)c3ccccc3c3c4ccc4c5ccccc5sc43)c2)cc1. The number of hydrogen-bond donors (Lipinski definition) is 0. The summed E-state index contributed by atoms with van der Waals surface area (Å²) in [5, 5.41) is 10.4. The molecule has 49 heavy (non-hydrogen) atoms. The molecule has 3 heterocycles. The summed E-state index contributed by atoms with van der Waals surface area (Å²) < 4.78 is 2.69. The number of hydrogen-bond acceptors (Lipinski definition) is 3. The van der Waals surface area contributed by atoms with E-state index in [1.165, 1.54) is 58.1 Å². The highest BCUT2D eigenvalue weighted by molar-refractivity contribution is 7.26. The van der Waals surface area contributed by atoms with Crippen molar-refractivity contribution in [2.24, 2.45) is 0 Å². The fraction of sp³-hybridized carbons (Fsp3) is 0. The van der Waals surface area contributed by atoms with Crippen LogP contribution in [-0.2, 0) is 0 Å². The van der Waals surface area contributed by atoms with Crippen LogP contribution in [0.3, 0.4) is 0 Å². The van der Waals surface area contributed by atoms with Crippen molar-refractivity contribution >= 4 is 63.8 Å². The van der Waals surface area contributed by atoms with E-state index in [1.54, 1.807) is 0 Å². The number of pyridine rings is 2. The molecule has 228 valence electrons. The Morgan fingerprint density at radius 1 is 0.347 bits per heavy atom. The van der Waals surface area contributed by atoms with Gasteiger partial charge in [0.05, 0.1) is 17.1 Å². The Labute approximate surface area is 287 Å². The monoisotopic (exact) mass is 640 g/mol. The Morgan fingerprint density at radius 3 is 1.73 bits per heavy atom. The fourth-order valence-electron chi connectivity index (χ4n) is 7.35. The summed E-state index contributed by atoms with van der Waals surface area (Å²) in [5.41, 5.74) is 8.44. The van der Waals surface area contributed by atoms with Crippen molar-refractivity contribution in [1.82, 2.24) is 9.97 Å². The number of benzene rings is 7. The second kappa shape index (κ2) is 11.2. The molecule has 0 aliphatic heterocycles. The fourth-order valence-corrected chi connectivity index (χ4v) is 8.61. The first-order chi connectivity index (χ1) is 24.3. The first kappa shape index (κ1) is 27.9. The van der Waals surface area contributed by atoms with Gasteiger partial charge in [0.15, 0.2) is 0 Å². The van der Waals surface area contributed by atoms with Gasteiger partial charge in [0.25, 0.3) is 0 Å². The molecule has 0 amide bonds. The molecule has 0 saturated carbocycles. The van der Waals surface area contributed by atoms with Crippen molar-refractivity contribution in [3.8, 4) is 44.9 Å². The van der Waals surface area contributed by atoms with Gasteiger partial charge in [0.2, 0.25) is 0 Å². The lowest BCUT2D eigenvalue weighted by molar-refractivity contribution is 1.31. The highest BCUT2D eigenvalue weighted by Crippen LogP contribution is 2.45. The Morgan fingerprint density at radius 2 is 0.939 bits per heavy atom. The van der Waals surface area contributed by atoms with Crippen LogP contribution >= 0.6 is 11.3 Å². The average molecular weight is 641 g/mol.